The zero-order valence-corrected chi connectivity index (χ0v) is 18.9. The number of piperidine rings is 1. The van der Waals surface area contributed by atoms with Gasteiger partial charge in [-0.05, 0) is 54.4 Å². The van der Waals surface area contributed by atoms with Gasteiger partial charge in [-0.1, -0.05) is 60.2 Å². The highest BCUT2D eigenvalue weighted by atomic mass is 16.7. The summed E-state index contributed by atoms with van der Waals surface area (Å²) in [6.45, 7) is 1.78. The molecule has 1 amide bonds. The number of ether oxygens (including phenoxy) is 3. The number of hydrogen-bond acceptors (Lipinski definition) is 4. The summed E-state index contributed by atoms with van der Waals surface area (Å²) >= 11 is 0. The van der Waals surface area contributed by atoms with Gasteiger partial charge in [-0.25, -0.2) is 4.79 Å². The van der Waals surface area contributed by atoms with Crippen LogP contribution < -0.4 is 0 Å². The molecular weight excluding hydrogens is 414 g/mol. The van der Waals surface area contributed by atoms with Crippen LogP contribution in [-0.2, 0) is 14.2 Å². The minimum absolute atomic E-state index is 0.0640. The molecule has 2 fully saturated rings. The van der Waals surface area contributed by atoms with Gasteiger partial charge in [0.15, 0.2) is 6.29 Å². The van der Waals surface area contributed by atoms with Crippen molar-refractivity contribution in [2.24, 2.45) is 0 Å². The molecule has 1 aliphatic carbocycles. The Morgan fingerprint density at radius 1 is 0.970 bits per heavy atom. The summed E-state index contributed by atoms with van der Waals surface area (Å²) in [4.78, 5) is 15.3. The molecule has 5 nitrogen and oxygen atoms in total. The second kappa shape index (κ2) is 8.96. The van der Waals surface area contributed by atoms with Crippen LogP contribution in [0.15, 0.2) is 60.2 Å². The zero-order valence-electron chi connectivity index (χ0n) is 18.9. The normalized spacial score (nSPS) is 24.4. The SMILES string of the molecule is O=C(OCC1c2ccccc2-c2ccccc21)N1C2C=C(CCC3OCCO3)CC1CCC2. The van der Waals surface area contributed by atoms with Gasteiger partial charge in [0.2, 0.25) is 0 Å². The van der Waals surface area contributed by atoms with Crippen LogP contribution in [0.5, 0.6) is 0 Å². The minimum Gasteiger partial charge on any atom is -0.448 e. The Kier molecular flexibility index (Phi) is 5.68. The topological polar surface area (TPSA) is 48.0 Å². The van der Waals surface area contributed by atoms with Crippen molar-refractivity contribution >= 4 is 6.09 Å². The molecule has 3 heterocycles. The lowest BCUT2D eigenvalue weighted by atomic mass is 9.84. The molecule has 5 heteroatoms. The quantitative estimate of drug-likeness (QED) is 0.559. The Morgan fingerprint density at radius 3 is 2.36 bits per heavy atom. The first-order chi connectivity index (χ1) is 16.3. The van der Waals surface area contributed by atoms with Gasteiger partial charge in [0.1, 0.15) is 6.61 Å². The van der Waals surface area contributed by atoms with Crippen LogP contribution in [0.3, 0.4) is 0 Å². The number of rotatable bonds is 5. The predicted octanol–water partition coefficient (Wildman–Crippen LogP) is 5.64. The number of hydrogen-bond donors (Lipinski definition) is 0. The van der Waals surface area contributed by atoms with E-state index in [9.17, 15) is 4.79 Å². The fourth-order valence-electron chi connectivity index (χ4n) is 6.13. The lowest BCUT2D eigenvalue weighted by molar-refractivity contribution is -0.0466. The van der Waals surface area contributed by atoms with E-state index in [1.54, 1.807) is 0 Å². The molecule has 2 bridgehead atoms. The van der Waals surface area contributed by atoms with E-state index in [1.807, 2.05) is 4.90 Å². The number of fused-ring (bicyclic) bond motifs is 5. The van der Waals surface area contributed by atoms with E-state index < -0.39 is 0 Å². The summed E-state index contributed by atoms with van der Waals surface area (Å²) in [5.74, 6) is 0.100. The Bertz CT molecular complexity index is 1010. The molecule has 2 saturated heterocycles. The van der Waals surface area contributed by atoms with Crippen molar-refractivity contribution in [3.8, 4) is 11.1 Å². The number of carbonyl (C=O) groups excluding carboxylic acids is 1. The minimum atomic E-state index is -0.163. The molecule has 33 heavy (non-hydrogen) atoms. The lowest BCUT2D eigenvalue weighted by Gasteiger charge is -2.44. The van der Waals surface area contributed by atoms with E-state index >= 15 is 0 Å². The smallest absolute Gasteiger partial charge is 0.410 e. The highest BCUT2D eigenvalue weighted by molar-refractivity contribution is 5.79. The van der Waals surface area contributed by atoms with Gasteiger partial charge in [0.25, 0.3) is 0 Å². The third-order valence-electron chi connectivity index (χ3n) is 7.65. The lowest BCUT2D eigenvalue weighted by Crippen LogP contribution is -2.52. The van der Waals surface area contributed by atoms with Crippen LogP contribution >= 0.6 is 0 Å². The maximum absolute atomic E-state index is 13.3. The van der Waals surface area contributed by atoms with Crippen molar-refractivity contribution in [2.75, 3.05) is 19.8 Å². The Labute approximate surface area is 195 Å². The third kappa shape index (κ3) is 3.98. The Morgan fingerprint density at radius 2 is 1.67 bits per heavy atom. The fraction of sp³-hybridized carbons (Fsp3) is 0.464. The summed E-state index contributed by atoms with van der Waals surface area (Å²) in [7, 11) is 0. The van der Waals surface area contributed by atoms with Gasteiger partial charge >= 0.3 is 6.09 Å². The standard InChI is InChI=1S/C28H31NO4/c30-28(33-18-26-24-10-3-1-8-22(24)23-9-2-4-11-25(23)26)29-20-6-5-7-21(29)17-19(16-20)12-13-27-31-14-15-32-27/h1-4,8-11,16,20-21,26-27H,5-7,12-15,17-18H2. The van der Waals surface area contributed by atoms with Crippen molar-refractivity contribution < 1.29 is 19.0 Å². The van der Waals surface area contributed by atoms with Crippen molar-refractivity contribution in [1.29, 1.82) is 0 Å². The van der Waals surface area contributed by atoms with Crippen molar-refractivity contribution in [3.05, 3.63) is 71.3 Å². The Balaban J connectivity index is 1.14. The molecule has 2 unspecified atom stereocenters. The monoisotopic (exact) mass is 445 g/mol. The van der Waals surface area contributed by atoms with Crippen LogP contribution in [0, 0.1) is 0 Å². The first-order valence-electron chi connectivity index (χ1n) is 12.3. The van der Waals surface area contributed by atoms with Crippen LogP contribution in [0.4, 0.5) is 4.79 Å². The molecule has 3 aliphatic heterocycles. The average Bonchev–Trinajstić information content (AvgIpc) is 3.47. The van der Waals surface area contributed by atoms with Crippen LogP contribution in [-0.4, -0.2) is 49.2 Å². The number of carbonyl (C=O) groups is 1. The molecule has 0 saturated carbocycles. The van der Waals surface area contributed by atoms with Crippen molar-refractivity contribution in [1.82, 2.24) is 4.90 Å². The maximum Gasteiger partial charge on any atom is 0.410 e. The largest absolute Gasteiger partial charge is 0.448 e. The highest BCUT2D eigenvalue weighted by Gasteiger charge is 2.39. The molecule has 2 aromatic carbocycles. The summed E-state index contributed by atoms with van der Waals surface area (Å²) in [6, 6.07) is 17.3. The van der Waals surface area contributed by atoms with Crippen LogP contribution in [0.25, 0.3) is 11.1 Å². The molecule has 2 aromatic rings. The third-order valence-corrected chi connectivity index (χ3v) is 7.65. The van der Waals surface area contributed by atoms with Crippen molar-refractivity contribution in [2.45, 2.75) is 62.8 Å². The Hall–Kier alpha value is -2.63. The van der Waals surface area contributed by atoms with E-state index in [0.29, 0.717) is 19.8 Å². The summed E-state index contributed by atoms with van der Waals surface area (Å²) in [5, 5.41) is 0. The summed E-state index contributed by atoms with van der Waals surface area (Å²) in [5.41, 5.74) is 6.46. The molecule has 4 aliphatic rings. The molecular formula is C28H31NO4. The maximum atomic E-state index is 13.3. The van der Waals surface area contributed by atoms with Gasteiger partial charge in [0, 0.05) is 18.4 Å². The van der Waals surface area contributed by atoms with Crippen LogP contribution in [0.2, 0.25) is 0 Å². The van der Waals surface area contributed by atoms with Crippen molar-refractivity contribution in [3.63, 3.8) is 0 Å². The van der Waals surface area contributed by atoms with Gasteiger partial charge < -0.3 is 14.2 Å². The van der Waals surface area contributed by atoms with E-state index in [-0.39, 0.29) is 30.4 Å². The fourth-order valence-corrected chi connectivity index (χ4v) is 6.13. The molecule has 6 rings (SSSR count). The van der Waals surface area contributed by atoms with E-state index in [1.165, 1.54) is 34.2 Å². The molecule has 0 aromatic heterocycles. The van der Waals surface area contributed by atoms with Gasteiger partial charge in [-0.15, -0.1) is 0 Å². The number of benzene rings is 2. The number of nitrogens with zero attached hydrogens (tertiary/aromatic N) is 1. The zero-order chi connectivity index (χ0) is 22.2. The van der Waals surface area contributed by atoms with E-state index in [0.717, 1.165) is 32.1 Å². The van der Waals surface area contributed by atoms with Gasteiger partial charge in [-0.3, -0.25) is 4.90 Å². The highest BCUT2D eigenvalue weighted by Crippen LogP contribution is 2.45. The summed E-state index contributed by atoms with van der Waals surface area (Å²) < 4.78 is 17.2. The first-order valence-corrected chi connectivity index (χ1v) is 12.3. The van der Waals surface area contributed by atoms with Crippen LogP contribution in [0.1, 0.15) is 55.6 Å². The molecule has 0 spiro atoms. The number of amides is 1. The first kappa shape index (κ1) is 20.9. The predicted molar refractivity (Wildman–Crippen MR) is 126 cm³/mol. The van der Waals surface area contributed by atoms with E-state index in [4.69, 9.17) is 14.2 Å². The second-order valence-corrected chi connectivity index (χ2v) is 9.60. The second-order valence-electron chi connectivity index (χ2n) is 9.60. The summed E-state index contributed by atoms with van der Waals surface area (Å²) in [6.07, 6.45) is 8.14. The average molecular weight is 446 g/mol. The molecule has 0 N–H and O–H groups in total. The molecule has 172 valence electrons. The molecule has 0 radical (unpaired) electrons. The molecule has 2 atom stereocenters. The van der Waals surface area contributed by atoms with Gasteiger partial charge in [0.05, 0.1) is 19.3 Å². The van der Waals surface area contributed by atoms with Gasteiger partial charge in [-0.2, -0.15) is 0 Å². The van der Waals surface area contributed by atoms with E-state index in [2.05, 4.69) is 54.6 Å².